The Hall–Kier alpha value is -0.940. The topological polar surface area (TPSA) is 51.8 Å². The van der Waals surface area contributed by atoms with Crippen molar-refractivity contribution in [2.45, 2.75) is 6.42 Å². The van der Waals surface area contributed by atoms with Gasteiger partial charge in [0, 0.05) is 33.9 Å². The van der Waals surface area contributed by atoms with Gasteiger partial charge in [-0.25, -0.2) is 4.98 Å². The average Bonchev–Trinajstić information content (AvgIpc) is 2.56. The zero-order valence-corrected chi connectivity index (χ0v) is 9.68. The molecule has 0 bridgehead atoms. The minimum Gasteiger partial charge on any atom is -0.375 e. The van der Waals surface area contributed by atoms with Crippen LogP contribution < -0.4 is 5.73 Å². The third-order valence-corrected chi connectivity index (χ3v) is 3.01. The Balaban J connectivity index is 2.15. The SMILES string of the molecule is Nc1ncc(Cc2ccc(Br)cn2)s1. The molecular formula is C9H8BrN3S. The summed E-state index contributed by atoms with van der Waals surface area (Å²) in [5.74, 6) is 0. The van der Waals surface area contributed by atoms with Gasteiger partial charge >= 0.3 is 0 Å². The Labute approximate surface area is 94.1 Å². The molecule has 0 unspecified atom stereocenters. The quantitative estimate of drug-likeness (QED) is 0.912. The molecule has 0 amide bonds. The van der Waals surface area contributed by atoms with E-state index in [9.17, 15) is 0 Å². The molecule has 14 heavy (non-hydrogen) atoms. The molecule has 0 radical (unpaired) electrons. The fourth-order valence-electron chi connectivity index (χ4n) is 1.09. The van der Waals surface area contributed by atoms with Crippen LogP contribution in [0.2, 0.25) is 0 Å². The van der Waals surface area contributed by atoms with Gasteiger partial charge in [-0.15, -0.1) is 11.3 Å². The van der Waals surface area contributed by atoms with Crippen LogP contribution in [0.3, 0.4) is 0 Å². The van der Waals surface area contributed by atoms with Gasteiger partial charge in [0.1, 0.15) is 0 Å². The summed E-state index contributed by atoms with van der Waals surface area (Å²) in [6, 6.07) is 3.96. The molecule has 0 spiro atoms. The minimum atomic E-state index is 0.608. The molecule has 2 N–H and O–H groups in total. The number of thiazole rings is 1. The Morgan fingerprint density at radius 2 is 2.14 bits per heavy atom. The first-order valence-electron chi connectivity index (χ1n) is 4.04. The molecule has 2 aromatic rings. The summed E-state index contributed by atoms with van der Waals surface area (Å²) < 4.78 is 0.991. The van der Waals surface area contributed by atoms with Gasteiger partial charge in [-0.05, 0) is 28.1 Å². The first-order chi connectivity index (χ1) is 6.74. The first kappa shape index (κ1) is 9.61. The van der Waals surface area contributed by atoms with Crippen LogP contribution in [0.5, 0.6) is 0 Å². The number of nitrogens with zero attached hydrogens (tertiary/aromatic N) is 2. The van der Waals surface area contributed by atoms with Crippen molar-refractivity contribution in [3.05, 3.63) is 39.6 Å². The standard InChI is InChI=1S/C9H8BrN3S/c10-6-1-2-7(12-4-6)3-8-5-13-9(11)14-8/h1-2,4-5H,3H2,(H2,11,13). The van der Waals surface area contributed by atoms with Crippen LogP contribution in [0, 0.1) is 0 Å². The van der Waals surface area contributed by atoms with Gasteiger partial charge in [0.2, 0.25) is 0 Å². The van der Waals surface area contributed by atoms with E-state index >= 15 is 0 Å². The molecule has 0 aliphatic rings. The molecule has 2 aromatic heterocycles. The van der Waals surface area contributed by atoms with E-state index in [4.69, 9.17) is 5.73 Å². The van der Waals surface area contributed by atoms with Crippen LogP contribution >= 0.6 is 27.3 Å². The Bertz CT molecular complexity index is 424. The lowest BCUT2D eigenvalue weighted by atomic mass is 10.2. The average molecular weight is 270 g/mol. The van der Waals surface area contributed by atoms with Crippen molar-refractivity contribution in [1.29, 1.82) is 0 Å². The van der Waals surface area contributed by atoms with Crippen molar-refractivity contribution >= 4 is 32.4 Å². The summed E-state index contributed by atoms with van der Waals surface area (Å²) in [5, 5.41) is 0.608. The highest BCUT2D eigenvalue weighted by Gasteiger charge is 2.01. The molecule has 0 saturated carbocycles. The largest absolute Gasteiger partial charge is 0.375 e. The summed E-state index contributed by atoms with van der Waals surface area (Å²) in [4.78, 5) is 9.40. The van der Waals surface area contributed by atoms with Gasteiger partial charge in [0.05, 0.1) is 0 Å². The summed E-state index contributed by atoms with van der Waals surface area (Å²) in [5.41, 5.74) is 6.56. The zero-order valence-electron chi connectivity index (χ0n) is 7.27. The summed E-state index contributed by atoms with van der Waals surface area (Å²) in [6.45, 7) is 0. The zero-order chi connectivity index (χ0) is 9.97. The lowest BCUT2D eigenvalue weighted by molar-refractivity contribution is 1.08. The highest BCUT2D eigenvalue weighted by atomic mass is 79.9. The molecule has 0 fully saturated rings. The number of hydrogen-bond donors (Lipinski definition) is 1. The number of nitrogens with two attached hydrogens (primary N) is 1. The van der Waals surface area contributed by atoms with Gasteiger partial charge in [0.25, 0.3) is 0 Å². The maximum Gasteiger partial charge on any atom is 0.180 e. The van der Waals surface area contributed by atoms with Crippen molar-refractivity contribution in [2.24, 2.45) is 0 Å². The predicted molar refractivity (Wildman–Crippen MR) is 61.3 cm³/mol. The van der Waals surface area contributed by atoms with Crippen LogP contribution in [-0.2, 0) is 6.42 Å². The van der Waals surface area contributed by atoms with Gasteiger partial charge in [0.15, 0.2) is 5.13 Å². The van der Waals surface area contributed by atoms with E-state index in [-0.39, 0.29) is 0 Å². The van der Waals surface area contributed by atoms with Gasteiger partial charge in [-0.2, -0.15) is 0 Å². The molecule has 2 heterocycles. The second-order valence-electron chi connectivity index (χ2n) is 2.81. The molecule has 3 nitrogen and oxygen atoms in total. The van der Waals surface area contributed by atoms with Crippen molar-refractivity contribution in [3.63, 3.8) is 0 Å². The van der Waals surface area contributed by atoms with Crippen LogP contribution in [0.25, 0.3) is 0 Å². The second kappa shape index (κ2) is 4.06. The summed E-state index contributed by atoms with van der Waals surface area (Å²) in [7, 11) is 0. The van der Waals surface area contributed by atoms with E-state index in [0.29, 0.717) is 5.13 Å². The highest BCUT2D eigenvalue weighted by molar-refractivity contribution is 9.10. The maximum absolute atomic E-state index is 5.54. The molecule has 0 aromatic carbocycles. The third kappa shape index (κ3) is 2.30. The third-order valence-electron chi connectivity index (χ3n) is 1.72. The normalized spacial score (nSPS) is 10.4. The second-order valence-corrected chi connectivity index (χ2v) is 4.87. The summed E-state index contributed by atoms with van der Waals surface area (Å²) >= 11 is 4.84. The highest BCUT2D eigenvalue weighted by Crippen LogP contribution is 2.18. The van der Waals surface area contributed by atoms with Crippen LogP contribution in [0.1, 0.15) is 10.6 Å². The van der Waals surface area contributed by atoms with Gasteiger partial charge in [-0.3, -0.25) is 4.98 Å². The van der Waals surface area contributed by atoms with Crippen LogP contribution in [0.4, 0.5) is 5.13 Å². The lowest BCUT2D eigenvalue weighted by Gasteiger charge is -1.96. The molecule has 0 atom stereocenters. The molecule has 2 rings (SSSR count). The van der Waals surface area contributed by atoms with Crippen molar-refractivity contribution in [1.82, 2.24) is 9.97 Å². The number of hydrogen-bond acceptors (Lipinski definition) is 4. The Kier molecular flexibility index (Phi) is 2.79. The monoisotopic (exact) mass is 269 g/mol. The predicted octanol–water partition coefficient (Wildman–Crippen LogP) is 2.47. The van der Waals surface area contributed by atoms with E-state index in [1.54, 1.807) is 12.4 Å². The van der Waals surface area contributed by atoms with Crippen LogP contribution in [0.15, 0.2) is 29.0 Å². The minimum absolute atomic E-state index is 0.608. The van der Waals surface area contributed by atoms with E-state index in [0.717, 1.165) is 21.5 Å². The Morgan fingerprint density at radius 1 is 1.29 bits per heavy atom. The molecule has 0 aliphatic heterocycles. The number of pyridine rings is 1. The Morgan fingerprint density at radius 3 is 2.71 bits per heavy atom. The summed E-state index contributed by atoms with van der Waals surface area (Å²) in [6.07, 6.45) is 4.38. The molecule has 0 aliphatic carbocycles. The van der Waals surface area contributed by atoms with E-state index in [2.05, 4.69) is 25.9 Å². The van der Waals surface area contributed by atoms with Crippen LogP contribution in [-0.4, -0.2) is 9.97 Å². The van der Waals surface area contributed by atoms with Crippen molar-refractivity contribution < 1.29 is 0 Å². The van der Waals surface area contributed by atoms with E-state index in [1.165, 1.54) is 11.3 Å². The maximum atomic E-state index is 5.54. The fourth-order valence-corrected chi connectivity index (χ4v) is 2.03. The number of nitrogen functional groups attached to an aromatic ring is 1. The van der Waals surface area contributed by atoms with Crippen molar-refractivity contribution in [2.75, 3.05) is 5.73 Å². The van der Waals surface area contributed by atoms with Gasteiger partial charge < -0.3 is 5.73 Å². The molecule has 0 saturated heterocycles. The van der Waals surface area contributed by atoms with E-state index < -0.39 is 0 Å². The molecule has 5 heteroatoms. The lowest BCUT2D eigenvalue weighted by Crippen LogP contribution is -1.88. The first-order valence-corrected chi connectivity index (χ1v) is 5.65. The number of rotatable bonds is 2. The molecule has 72 valence electrons. The smallest absolute Gasteiger partial charge is 0.180 e. The molecular weight excluding hydrogens is 262 g/mol. The van der Waals surface area contributed by atoms with E-state index in [1.807, 2.05) is 12.1 Å². The number of aromatic nitrogens is 2. The number of halogens is 1. The van der Waals surface area contributed by atoms with Gasteiger partial charge in [-0.1, -0.05) is 0 Å². The fraction of sp³-hybridized carbons (Fsp3) is 0.111. The van der Waals surface area contributed by atoms with Crippen molar-refractivity contribution in [3.8, 4) is 0 Å². The number of anilines is 1.